The van der Waals surface area contributed by atoms with Crippen molar-refractivity contribution in [2.75, 3.05) is 6.54 Å². The van der Waals surface area contributed by atoms with Crippen molar-refractivity contribution in [1.82, 2.24) is 9.88 Å². The molecule has 1 aromatic carbocycles. The Hall–Kier alpha value is -2.16. The van der Waals surface area contributed by atoms with Crippen LogP contribution in [0.1, 0.15) is 51.2 Å². The number of hydrogen-bond acceptors (Lipinski definition) is 2. The molecule has 3 rings (SSSR count). The van der Waals surface area contributed by atoms with Gasteiger partial charge in [0.25, 0.3) is 0 Å². The summed E-state index contributed by atoms with van der Waals surface area (Å²) < 4.78 is 0. The van der Waals surface area contributed by atoms with E-state index in [2.05, 4.69) is 17.1 Å². The summed E-state index contributed by atoms with van der Waals surface area (Å²) in [4.78, 5) is 18.0. The lowest BCUT2D eigenvalue weighted by atomic mass is 9.99. The van der Waals surface area contributed by atoms with Crippen LogP contribution in [0, 0.1) is 0 Å². The number of rotatable bonds is 3. The van der Waals surface area contributed by atoms with E-state index in [0.29, 0.717) is 18.9 Å². The Bertz CT molecular complexity index is 554. The zero-order valence-corrected chi connectivity index (χ0v) is 14.7. The Balaban J connectivity index is 0.000000615. The van der Waals surface area contributed by atoms with E-state index in [9.17, 15) is 4.79 Å². The van der Waals surface area contributed by atoms with Crippen LogP contribution in [0.4, 0.5) is 0 Å². The van der Waals surface area contributed by atoms with Crippen LogP contribution in [0.25, 0.3) is 0 Å². The van der Waals surface area contributed by atoms with E-state index in [0.717, 1.165) is 12.1 Å². The minimum absolute atomic E-state index is 0.241. The van der Waals surface area contributed by atoms with Crippen LogP contribution in [0.5, 0.6) is 0 Å². The molecule has 0 spiro atoms. The van der Waals surface area contributed by atoms with E-state index in [1.807, 2.05) is 62.9 Å². The lowest BCUT2D eigenvalue weighted by Gasteiger charge is -2.16. The lowest BCUT2D eigenvalue weighted by molar-refractivity contribution is -0.128. The second-order valence-corrected chi connectivity index (χ2v) is 4.94. The minimum Gasteiger partial charge on any atom is -0.338 e. The summed E-state index contributed by atoms with van der Waals surface area (Å²) in [5.74, 6) is 0.571. The predicted molar refractivity (Wildman–Crippen MR) is 96.2 cm³/mol. The SMILES string of the molecule is CC.CC.O=C1CC(c2ccccc2)CN1Cc1ccncc1. The normalized spacial score (nSPS) is 16.1. The summed E-state index contributed by atoms with van der Waals surface area (Å²) in [5, 5.41) is 0. The van der Waals surface area contributed by atoms with Gasteiger partial charge in [-0.05, 0) is 23.3 Å². The summed E-state index contributed by atoms with van der Waals surface area (Å²) in [7, 11) is 0. The van der Waals surface area contributed by atoms with Crippen LogP contribution in [0.3, 0.4) is 0 Å². The van der Waals surface area contributed by atoms with Gasteiger partial charge in [-0.3, -0.25) is 9.78 Å². The number of nitrogens with zero attached hydrogens (tertiary/aromatic N) is 2. The maximum atomic E-state index is 12.1. The monoisotopic (exact) mass is 312 g/mol. The molecule has 2 heterocycles. The number of likely N-dealkylation sites (tertiary alicyclic amines) is 1. The number of carbonyl (C=O) groups excluding carboxylic acids is 1. The molecule has 2 aromatic rings. The maximum Gasteiger partial charge on any atom is 0.223 e. The molecule has 3 heteroatoms. The summed E-state index contributed by atoms with van der Waals surface area (Å²) in [6.45, 7) is 9.50. The van der Waals surface area contributed by atoms with Gasteiger partial charge in [-0.25, -0.2) is 0 Å². The molecular weight excluding hydrogens is 284 g/mol. The van der Waals surface area contributed by atoms with Crippen molar-refractivity contribution in [1.29, 1.82) is 0 Å². The van der Waals surface area contributed by atoms with E-state index >= 15 is 0 Å². The Morgan fingerprint density at radius 3 is 2.22 bits per heavy atom. The molecule has 1 aliphatic heterocycles. The van der Waals surface area contributed by atoms with Gasteiger partial charge < -0.3 is 4.90 Å². The molecule has 1 atom stereocenters. The molecule has 1 aromatic heterocycles. The van der Waals surface area contributed by atoms with Crippen LogP contribution in [-0.2, 0) is 11.3 Å². The van der Waals surface area contributed by atoms with Crippen LogP contribution in [-0.4, -0.2) is 22.3 Å². The second-order valence-electron chi connectivity index (χ2n) is 4.94. The van der Waals surface area contributed by atoms with Gasteiger partial charge in [0, 0.05) is 37.8 Å². The Kier molecular flexibility index (Phi) is 8.66. The van der Waals surface area contributed by atoms with Crippen molar-refractivity contribution in [3.8, 4) is 0 Å². The third kappa shape index (κ3) is 5.51. The topological polar surface area (TPSA) is 33.2 Å². The highest BCUT2D eigenvalue weighted by Crippen LogP contribution is 2.28. The third-order valence-electron chi connectivity index (χ3n) is 3.61. The van der Waals surface area contributed by atoms with Gasteiger partial charge in [0.1, 0.15) is 0 Å². The number of amides is 1. The largest absolute Gasteiger partial charge is 0.338 e. The van der Waals surface area contributed by atoms with Crippen molar-refractivity contribution in [2.45, 2.75) is 46.6 Å². The molecule has 0 radical (unpaired) electrons. The fourth-order valence-electron chi connectivity index (χ4n) is 2.58. The van der Waals surface area contributed by atoms with Crippen LogP contribution in [0.15, 0.2) is 54.9 Å². The fraction of sp³-hybridized carbons (Fsp3) is 0.400. The number of benzene rings is 1. The van der Waals surface area contributed by atoms with Gasteiger partial charge in [-0.15, -0.1) is 0 Å². The average Bonchev–Trinajstić information content (AvgIpc) is 3.01. The van der Waals surface area contributed by atoms with Crippen molar-refractivity contribution in [2.24, 2.45) is 0 Å². The third-order valence-corrected chi connectivity index (χ3v) is 3.61. The quantitative estimate of drug-likeness (QED) is 0.826. The summed E-state index contributed by atoms with van der Waals surface area (Å²) >= 11 is 0. The first-order chi connectivity index (χ1) is 11.3. The molecule has 0 saturated carbocycles. The number of aromatic nitrogens is 1. The van der Waals surface area contributed by atoms with Gasteiger partial charge >= 0.3 is 0 Å². The van der Waals surface area contributed by atoms with Crippen LogP contribution < -0.4 is 0 Å². The standard InChI is InChI=1S/C16H16N2O.2C2H6/c19-16-10-15(14-4-2-1-3-5-14)12-18(16)11-13-6-8-17-9-7-13;2*1-2/h1-9,15H,10-12H2;2*1-2H3. The van der Waals surface area contributed by atoms with Crippen molar-refractivity contribution >= 4 is 5.91 Å². The summed E-state index contributed by atoms with van der Waals surface area (Å²) in [6, 6.07) is 14.2. The summed E-state index contributed by atoms with van der Waals surface area (Å²) in [5.41, 5.74) is 2.39. The number of carbonyl (C=O) groups is 1. The van der Waals surface area contributed by atoms with Crippen LogP contribution >= 0.6 is 0 Å². The lowest BCUT2D eigenvalue weighted by Crippen LogP contribution is -2.24. The smallest absolute Gasteiger partial charge is 0.223 e. The second kappa shape index (κ2) is 10.5. The Labute approximate surface area is 140 Å². The average molecular weight is 312 g/mol. The molecule has 1 aliphatic rings. The van der Waals surface area contributed by atoms with Crippen molar-refractivity contribution in [3.05, 3.63) is 66.0 Å². The first-order valence-electron chi connectivity index (χ1n) is 8.54. The highest BCUT2D eigenvalue weighted by molar-refractivity contribution is 5.79. The molecule has 0 aliphatic carbocycles. The predicted octanol–water partition coefficient (Wildman–Crippen LogP) is 4.65. The first-order valence-corrected chi connectivity index (χ1v) is 8.54. The molecule has 1 unspecified atom stereocenters. The highest BCUT2D eigenvalue weighted by Gasteiger charge is 2.30. The zero-order valence-electron chi connectivity index (χ0n) is 14.7. The molecule has 0 bridgehead atoms. The zero-order chi connectivity index (χ0) is 17.1. The molecule has 1 saturated heterocycles. The minimum atomic E-state index is 0.241. The van der Waals surface area contributed by atoms with E-state index in [1.165, 1.54) is 5.56 Å². The highest BCUT2D eigenvalue weighted by atomic mass is 16.2. The molecule has 3 nitrogen and oxygen atoms in total. The molecule has 124 valence electrons. The molecule has 0 N–H and O–H groups in total. The van der Waals surface area contributed by atoms with Gasteiger partial charge in [-0.1, -0.05) is 58.0 Å². The van der Waals surface area contributed by atoms with E-state index in [-0.39, 0.29) is 5.91 Å². The van der Waals surface area contributed by atoms with Gasteiger partial charge in [0.05, 0.1) is 0 Å². The van der Waals surface area contributed by atoms with Crippen LogP contribution in [0.2, 0.25) is 0 Å². The van der Waals surface area contributed by atoms with Gasteiger partial charge in [0.15, 0.2) is 0 Å². The van der Waals surface area contributed by atoms with Gasteiger partial charge in [-0.2, -0.15) is 0 Å². The Morgan fingerprint density at radius 2 is 1.61 bits per heavy atom. The molecule has 1 amide bonds. The Morgan fingerprint density at radius 1 is 1.00 bits per heavy atom. The number of pyridine rings is 1. The number of hydrogen-bond donors (Lipinski definition) is 0. The van der Waals surface area contributed by atoms with E-state index in [4.69, 9.17) is 0 Å². The van der Waals surface area contributed by atoms with Gasteiger partial charge in [0.2, 0.25) is 5.91 Å². The molecule has 1 fully saturated rings. The summed E-state index contributed by atoms with van der Waals surface area (Å²) in [6.07, 6.45) is 4.16. The van der Waals surface area contributed by atoms with E-state index < -0.39 is 0 Å². The van der Waals surface area contributed by atoms with Crippen molar-refractivity contribution in [3.63, 3.8) is 0 Å². The first kappa shape index (κ1) is 18.9. The van der Waals surface area contributed by atoms with E-state index in [1.54, 1.807) is 12.4 Å². The fourth-order valence-corrected chi connectivity index (χ4v) is 2.58. The van der Waals surface area contributed by atoms with Crippen molar-refractivity contribution < 1.29 is 4.79 Å². The maximum absolute atomic E-state index is 12.1. The molecular formula is C20H28N2O. The molecule has 23 heavy (non-hydrogen) atoms.